The predicted octanol–water partition coefficient (Wildman–Crippen LogP) is 2.95. The summed E-state index contributed by atoms with van der Waals surface area (Å²) in [5.41, 5.74) is 0.354. The number of nitrogens with zero attached hydrogens (tertiary/aromatic N) is 1. The second-order valence-electron chi connectivity index (χ2n) is 8.58. The standard InChI is InChI=1S/C23H31NO5/c1-6-8-18(25)28-16-11-12-23(26)17(24(4)7-2)13-14-9-10-15(27-5)20-19(14)22(23,3)21(16)29-20/h9-11,17,21,26H,6-8,12-13H2,1-5H3/t17-,21+,22+,23-/m1/s1. The summed E-state index contributed by atoms with van der Waals surface area (Å²) in [7, 11) is 3.67. The van der Waals surface area contributed by atoms with E-state index < -0.39 is 17.1 Å². The van der Waals surface area contributed by atoms with Gasteiger partial charge in [0.25, 0.3) is 0 Å². The Bertz CT molecular complexity index is 865. The topological polar surface area (TPSA) is 68.2 Å². The Hall–Kier alpha value is -2.05. The van der Waals surface area contributed by atoms with Gasteiger partial charge in [-0.05, 0) is 51.1 Å². The number of hydrogen-bond acceptors (Lipinski definition) is 6. The predicted molar refractivity (Wildman–Crippen MR) is 109 cm³/mol. The van der Waals surface area contributed by atoms with Gasteiger partial charge in [0, 0.05) is 24.4 Å². The second-order valence-corrected chi connectivity index (χ2v) is 8.58. The molecule has 29 heavy (non-hydrogen) atoms. The molecule has 1 heterocycles. The van der Waals surface area contributed by atoms with Crippen LogP contribution in [0, 0.1) is 0 Å². The molecule has 6 nitrogen and oxygen atoms in total. The summed E-state index contributed by atoms with van der Waals surface area (Å²) in [5, 5.41) is 12.1. The SMILES string of the molecule is CCCC(=O)OC1=CC[C@@]2(O)[C@H](N(C)CC)Cc3ccc(OC)c4c3[C@@]2(C)[C@H]1O4. The van der Waals surface area contributed by atoms with Crippen molar-refractivity contribution in [1.29, 1.82) is 0 Å². The molecule has 0 radical (unpaired) electrons. The maximum absolute atomic E-state index is 12.2. The Kier molecular flexibility index (Phi) is 4.90. The van der Waals surface area contributed by atoms with Crippen LogP contribution < -0.4 is 9.47 Å². The first-order chi connectivity index (χ1) is 13.8. The van der Waals surface area contributed by atoms with Crippen LogP contribution in [0.15, 0.2) is 24.0 Å². The summed E-state index contributed by atoms with van der Waals surface area (Å²) in [5.74, 6) is 1.54. The molecule has 1 aromatic rings. The normalized spacial score (nSPS) is 31.8. The van der Waals surface area contributed by atoms with Crippen LogP contribution in [0.5, 0.6) is 11.5 Å². The largest absolute Gasteiger partial charge is 0.493 e. The van der Waals surface area contributed by atoms with E-state index >= 15 is 0 Å². The van der Waals surface area contributed by atoms with Gasteiger partial charge in [0.2, 0.25) is 0 Å². The van der Waals surface area contributed by atoms with Crippen molar-refractivity contribution >= 4 is 5.97 Å². The van der Waals surface area contributed by atoms with Gasteiger partial charge in [-0.3, -0.25) is 4.79 Å². The number of ether oxygens (including phenoxy) is 3. The molecule has 1 N–H and O–H groups in total. The first-order valence-electron chi connectivity index (χ1n) is 10.5. The average Bonchev–Trinajstić information content (AvgIpc) is 3.03. The Morgan fingerprint density at radius 1 is 1.38 bits per heavy atom. The number of aliphatic hydroxyl groups is 1. The van der Waals surface area contributed by atoms with Crippen LogP contribution in [0.2, 0.25) is 0 Å². The number of rotatable bonds is 6. The van der Waals surface area contributed by atoms with E-state index in [-0.39, 0.29) is 12.0 Å². The number of hydrogen-bond donors (Lipinski definition) is 1. The lowest BCUT2D eigenvalue weighted by molar-refractivity contribution is -0.150. The molecule has 0 saturated carbocycles. The minimum Gasteiger partial charge on any atom is -0.493 e. The fourth-order valence-corrected chi connectivity index (χ4v) is 5.43. The molecule has 0 amide bonds. The molecule has 0 fully saturated rings. The van der Waals surface area contributed by atoms with Gasteiger partial charge < -0.3 is 24.2 Å². The van der Waals surface area contributed by atoms with Crippen LogP contribution >= 0.6 is 0 Å². The van der Waals surface area contributed by atoms with Gasteiger partial charge in [0.05, 0.1) is 18.1 Å². The van der Waals surface area contributed by atoms with Crippen LogP contribution in [0.4, 0.5) is 0 Å². The summed E-state index contributed by atoms with van der Waals surface area (Å²) >= 11 is 0. The Morgan fingerprint density at radius 2 is 2.14 bits per heavy atom. The highest BCUT2D eigenvalue weighted by molar-refractivity contribution is 5.71. The van der Waals surface area contributed by atoms with E-state index in [1.54, 1.807) is 7.11 Å². The van der Waals surface area contributed by atoms with E-state index in [1.165, 1.54) is 0 Å². The summed E-state index contributed by atoms with van der Waals surface area (Å²) in [4.78, 5) is 14.5. The molecule has 3 aliphatic rings. The van der Waals surface area contributed by atoms with Gasteiger partial charge in [-0.15, -0.1) is 0 Å². The fourth-order valence-electron chi connectivity index (χ4n) is 5.43. The Morgan fingerprint density at radius 3 is 2.79 bits per heavy atom. The third kappa shape index (κ3) is 2.65. The smallest absolute Gasteiger partial charge is 0.310 e. The molecule has 158 valence electrons. The average molecular weight is 402 g/mol. The molecule has 2 aliphatic carbocycles. The molecule has 4 rings (SSSR count). The lowest BCUT2D eigenvalue weighted by Gasteiger charge is -2.56. The van der Waals surface area contributed by atoms with Crippen molar-refractivity contribution < 1.29 is 24.1 Å². The van der Waals surface area contributed by atoms with Crippen molar-refractivity contribution in [2.45, 2.75) is 69.6 Å². The number of carbonyl (C=O) groups excluding carboxylic acids is 1. The molecule has 1 aromatic carbocycles. The third-order valence-corrected chi connectivity index (χ3v) is 7.16. The monoisotopic (exact) mass is 401 g/mol. The number of benzene rings is 1. The summed E-state index contributed by atoms with van der Waals surface area (Å²) in [6.45, 7) is 6.92. The van der Waals surface area contributed by atoms with Crippen LogP contribution in [0.25, 0.3) is 0 Å². The highest BCUT2D eigenvalue weighted by atomic mass is 16.6. The zero-order chi connectivity index (χ0) is 21.0. The quantitative estimate of drug-likeness (QED) is 0.740. The fraction of sp³-hybridized carbons (Fsp3) is 0.609. The molecular weight excluding hydrogens is 370 g/mol. The van der Waals surface area contributed by atoms with E-state index in [2.05, 4.69) is 17.9 Å². The van der Waals surface area contributed by atoms with Gasteiger partial charge >= 0.3 is 5.97 Å². The first kappa shape index (κ1) is 20.2. The van der Waals surface area contributed by atoms with E-state index in [0.717, 1.165) is 30.5 Å². The zero-order valence-corrected chi connectivity index (χ0v) is 17.9. The van der Waals surface area contributed by atoms with Crippen LogP contribution in [-0.4, -0.2) is 54.4 Å². The molecule has 0 bridgehead atoms. The zero-order valence-electron chi connectivity index (χ0n) is 17.9. The number of methoxy groups -OCH3 is 1. The third-order valence-electron chi connectivity index (χ3n) is 7.16. The molecule has 0 unspecified atom stereocenters. The Balaban J connectivity index is 1.88. The van der Waals surface area contributed by atoms with Gasteiger partial charge in [-0.2, -0.15) is 0 Å². The van der Waals surface area contributed by atoms with Crippen molar-refractivity contribution in [2.24, 2.45) is 0 Å². The van der Waals surface area contributed by atoms with Crippen molar-refractivity contribution in [3.8, 4) is 11.5 Å². The molecule has 0 aromatic heterocycles. The maximum atomic E-state index is 12.2. The van der Waals surface area contributed by atoms with E-state index in [0.29, 0.717) is 30.1 Å². The molecule has 1 aliphatic heterocycles. The molecule has 6 heteroatoms. The molecule has 0 saturated heterocycles. The van der Waals surface area contributed by atoms with E-state index in [9.17, 15) is 9.90 Å². The number of likely N-dealkylation sites (N-methyl/N-ethyl adjacent to an activating group) is 1. The summed E-state index contributed by atoms with van der Waals surface area (Å²) in [6.07, 6.45) is 3.50. The molecule has 4 atom stereocenters. The highest BCUT2D eigenvalue weighted by Crippen LogP contribution is 2.62. The second kappa shape index (κ2) is 7.03. The lowest BCUT2D eigenvalue weighted by atomic mass is 9.54. The summed E-state index contributed by atoms with van der Waals surface area (Å²) < 4.78 is 17.7. The first-order valence-corrected chi connectivity index (χ1v) is 10.5. The van der Waals surface area contributed by atoms with E-state index in [1.807, 2.05) is 33.0 Å². The van der Waals surface area contributed by atoms with Crippen molar-refractivity contribution in [2.75, 3.05) is 20.7 Å². The maximum Gasteiger partial charge on any atom is 0.310 e. The Labute approximate surface area is 172 Å². The van der Waals surface area contributed by atoms with Gasteiger partial charge in [-0.25, -0.2) is 0 Å². The number of carbonyl (C=O) groups is 1. The van der Waals surface area contributed by atoms with Gasteiger partial charge in [0.15, 0.2) is 17.6 Å². The number of esters is 1. The minimum atomic E-state index is -1.05. The van der Waals surface area contributed by atoms with Crippen molar-refractivity contribution in [3.05, 3.63) is 35.1 Å². The van der Waals surface area contributed by atoms with Gasteiger partial charge in [-0.1, -0.05) is 19.9 Å². The van der Waals surface area contributed by atoms with Crippen LogP contribution in [-0.2, 0) is 21.4 Å². The highest BCUT2D eigenvalue weighted by Gasteiger charge is 2.68. The lowest BCUT2D eigenvalue weighted by Crippen LogP contribution is -2.69. The molecule has 0 spiro atoms. The van der Waals surface area contributed by atoms with Crippen molar-refractivity contribution in [3.63, 3.8) is 0 Å². The van der Waals surface area contributed by atoms with Crippen LogP contribution in [0.3, 0.4) is 0 Å². The minimum absolute atomic E-state index is 0.0698. The van der Waals surface area contributed by atoms with Crippen molar-refractivity contribution in [1.82, 2.24) is 4.90 Å². The van der Waals surface area contributed by atoms with Gasteiger partial charge in [0.1, 0.15) is 5.76 Å². The van der Waals surface area contributed by atoms with Crippen LogP contribution in [0.1, 0.15) is 51.2 Å². The van der Waals surface area contributed by atoms with E-state index in [4.69, 9.17) is 14.2 Å². The summed E-state index contributed by atoms with van der Waals surface area (Å²) in [6, 6.07) is 3.93. The molecular formula is C23H31NO5.